The first-order chi connectivity index (χ1) is 12.6. The van der Waals surface area contributed by atoms with Gasteiger partial charge in [0.05, 0.1) is 17.7 Å². The van der Waals surface area contributed by atoms with Crippen LogP contribution in [0.5, 0.6) is 5.75 Å². The molecular weight excluding hydrogens is 330 g/mol. The number of nitrogens with zero attached hydrogens (tertiary/aromatic N) is 1. The van der Waals surface area contributed by atoms with E-state index in [0.717, 1.165) is 10.9 Å². The fourth-order valence-corrected chi connectivity index (χ4v) is 2.41. The third-order valence-electron chi connectivity index (χ3n) is 3.74. The van der Waals surface area contributed by atoms with Gasteiger partial charge in [-0.05, 0) is 31.2 Å². The van der Waals surface area contributed by atoms with E-state index in [1.165, 1.54) is 0 Å². The van der Waals surface area contributed by atoms with Crippen LogP contribution in [0.3, 0.4) is 0 Å². The van der Waals surface area contributed by atoms with Crippen molar-refractivity contribution in [2.75, 3.05) is 18.5 Å². The van der Waals surface area contributed by atoms with Crippen molar-refractivity contribution < 1.29 is 14.3 Å². The lowest BCUT2D eigenvalue weighted by molar-refractivity contribution is -0.125. The first-order valence-corrected chi connectivity index (χ1v) is 8.21. The number of nitrogens with one attached hydrogen (secondary N) is 2. The maximum atomic E-state index is 12.1. The number of carbonyl (C=O) groups excluding carboxylic acids is 2. The zero-order valence-corrected chi connectivity index (χ0v) is 14.4. The molecule has 0 unspecified atom stereocenters. The van der Waals surface area contributed by atoms with Crippen LogP contribution in [0.1, 0.15) is 5.56 Å². The van der Waals surface area contributed by atoms with E-state index in [9.17, 15) is 9.59 Å². The number of pyridine rings is 1. The second-order valence-electron chi connectivity index (χ2n) is 5.81. The molecule has 132 valence electrons. The summed E-state index contributed by atoms with van der Waals surface area (Å²) in [6, 6.07) is 16.7. The topological polar surface area (TPSA) is 80.3 Å². The van der Waals surface area contributed by atoms with Crippen molar-refractivity contribution >= 4 is 28.4 Å². The van der Waals surface area contributed by atoms with Gasteiger partial charge in [-0.25, -0.2) is 0 Å². The predicted molar refractivity (Wildman–Crippen MR) is 100 cm³/mol. The lowest BCUT2D eigenvalue weighted by Gasteiger charge is -2.09. The summed E-state index contributed by atoms with van der Waals surface area (Å²) in [5, 5.41) is 6.23. The Morgan fingerprint density at radius 1 is 1.00 bits per heavy atom. The van der Waals surface area contributed by atoms with Crippen molar-refractivity contribution in [3.05, 3.63) is 66.4 Å². The lowest BCUT2D eigenvalue weighted by Crippen LogP contribution is -2.35. The minimum absolute atomic E-state index is 0.140. The van der Waals surface area contributed by atoms with E-state index in [4.69, 9.17) is 4.74 Å². The Morgan fingerprint density at radius 2 is 1.77 bits per heavy atom. The quantitative estimate of drug-likeness (QED) is 0.717. The van der Waals surface area contributed by atoms with Crippen LogP contribution < -0.4 is 15.4 Å². The molecule has 0 bridgehead atoms. The molecule has 0 saturated carbocycles. The maximum absolute atomic E-state index is 12.1. The molecule has 26 heavy (non-hydrogen) atoms. The molecular formula is C20H19N3O3. The van der Waals surface area contributed by atoms with Gasteiger partial charge < -0.3 is 15.4 Å². The van der Waals surface area contributed by atoms with Crippen LogP contribution in [0.15, 0.2) is 60.8 Å². The van der Waals surface area contributed by atoms with Crippen LogP contribution in [0, 0.1) is 6.92 Å². The third kappa shape index (κ3) is 4.57. The third-order valence-corrected chi connectivity index (χ3v) is 3.74. The molecule has 0 atom stereocenters. The molecule has 0 radical (unpaired) electrons. The number of aromatic nitrogens is 1. The molecule has 6 nitrogen and oxygen atoms in total. The number of rotatable bonds is 6. The summed E-state index contributed by atoms with van der Waals surface area (Å²) in [6.45, 7) is 1.69. The Bertz CT molecular complexity index is 918. The molecule has 0 spiro atoms. The van der Waals surface area contributed by atoms with Gasteiger partial charge in [0.15, 0.2) is 6.61 Å². The van der Waals surface area contributed by atoms with Crippen LogP contribution in [-0.4, -0.2) is 29.9 Å². The normalized spacial score (nSPS) is 10.3. The molecule has 2 N–H and O–H groups in total. The Labute approximate surface area is 151 Å². The Morgan fingerprint density at radius 3 is 2.58 bits per heavy atom. The highest BCUT2D eigenvalue weighted by Gasteiger charge is 2.09. The molecule has 6 heteroatoms. The summed E-state index contributed by atoms with van der Waals surface area (Å²) in [7, 11) is 0. The number of para-hydroxylation sites is 1. The van der Waals surface area contributed by atoms with Crippen molar-refractivity contribution in [1.29, 1.82) is 0 Å². The van der Waals surface area contributed by atoms with Crippen LogP contribution in [-0.2, 0) is 9.59 Å². The highest BCUT2D eigenvalue weighted by molar-refractivity contribution is 6.01. The van der Waals surface area contributed by atoms with Crippen molar-refractivity contribution in [1.82, 2.24) is 10.3 Å². The van der Waals surface area contributed by atoms with Crippen molar-refractivity contribution in [3.63, 3.8) is 0 Å². The highest BCUT2D eigenvalue weighted by Crippen LogP contribution is 2.20. The summed E-state index contributed by atoms with van der Waals surface area (Å²) in [5.41, 5.74) is 2.43. The lowest BCUT2D eigenvalue weighted by atomic mass is 10.2. The van der Waals surface area contributed by atoms with Crippen molar-refractivity contribution in [2.24, 2.45) is 0 Å². The first-order valence-electron chi connectivity index (χ1n) is 8.21. The second-order valence-corrected chi connectivity index (χ2v) is 5.81. The predicted octanol–water partition coefficient (Wildman–Crippen LogP) is 2.68. The summed E-state index contributed by atoms with van der Waals surface area (Å²) < 4.78 is 5.38. The van der Waals surface area contributed by atoms with E-state index in [2.05, 4.69) is 15.6 Å². The van der Waals surface area contributed by atoms with Gasteiger partial charge in [0, 0.05) is 11.6 Å². The number of hydrogen-bond donors (Lipinski definition) is 2. The molecule has 0 fully saturated rings. The van der Waals surface area contributed by atoms with Crippen LogP contribution in [0.25, 0.3) is 10.9 Å². The number of benzene rings is 2. The Kier molecular flexibility index (Phi) is 5.43. The highest BCUT2D eigenvalue weighted by atomic mass is 16.5. The monoisotopic (exact) mass is 349 g/mol. The molecule has 0 aliphatic carbocycles. The zero-order chi connectivity index (χ0) is 18.4. The average molecular weight is 349 g/mol. The molecule has 2 amide bonds. The Hall–Kier alpha value is -3.41. The maximum Gasteiger partial charge on any atom is 0.258 e. The van der Waals surface area contributed by atoms with Gasteiger partial charge in [0.25, 0.3) is 5.91 Å². The molecule has 3 aromatic rings. The van der Waals surface area contributed by atoms with Gasteiger partial charge in [-0.15, -0.1) is 0 Å². The summed E-state index contributed by atoms with van der Waals surface area (Å²) in [4.78, 5) is 28.2. The van der Waals surface area contributed by atoms with Crippen LogP contribution >= 0.6 is 0 Å². The molecule has 3 rings (SSSR count). The minimum Gasteiger partial charge on any atom is -0.484 e. The number of carbonyl (C=O) groups is 2. The standard InChI is InChI=1S/C20H19N3O3/c1-14-7-9-16(10-8-14)26-13-19(25)22-12-18(24)23-17-6-2-4-15-5-3-11-21-20(15)17/h2-11H,12-13H2,1H3,(H,22,25)(H,23,24). The molecule has 0 aliphatic heterocycles. The van der Waals surface area contributed by atoms with Gasteiger partial charge in [-0.2, -0.15) is 0 Å². The minimum atomic E-state index is -0.364. The number of amides is 2. The summed E-state index contributed by atoms with van der Waals surface area (Å²) in [5.74, 6) is -0.0827. The molecule has 1 heterocycles. The zero-order valence-electron chi connectivity index (χ0n) is 14.4. The fraction of sp³-hybridized carbons (Fsp3) is 0.150. The van der Waals surface area contributed by atoms with Crippen LogP contribution in [0.2, 0.25) is 0 Å². The number of anilines is 1. The smallest absolute Gasteiger partial charge is 0.258 e. The van der Waals surface area contributed by atoms with E-state index in [1.54, 1.807) is 24.4 Å². The SMILES string of the molecule is Cc1ccc(OCC(=O)NCC(=O)Nc2cccc3cccnc23)cc1. The molecule has 0 saturated heterocycles. The van der Waals surface area contributed by atoms with E-state index >= 15 is 0 Å². The largest absolute Gasteiger partial charge is 0.484 e. The van der Waals surface area contributed by atoms with Gasteiger partial charge >= 0.3 is 0 Å². The number of hydrogen-bond acceptors (Lipinski definition) is 4. The van der Waals surface area contributed by atoms with Gasteiger partial charge in [-0.1, -0.05) is 35.9 Å². The molecule has 0 aliphatic rings. The molecule has 2 aromatic carbocycles. The van der Waals surface area contributed by atoms with Crippen molar-refractivity contribution in [3.8, 4) is 5.75 Å². The van der Waals surface area contributed by atoms with Gasteiger partial charge in [0.2, 0.25) is 5.91 Å². The second kappa shape index (κ2) is 8.11. The Balaban J connectivity index is 1.49. The van der Waals surface area contributed by atoms with Crippen LogP contribution in [0.4, 0.5) is 5.69 Å². The van der Waals surface area contributed by atoms with Gasteiger partial charge in [0.1, 0.15) is 5.75 Å². The number of fused-ring (bicyclic) bond motifs is 1. The van der Waals surface area contributed by atoms with Gasteiger partial charge in [-0.3, -0.25) is 14.6 Å². The number of ether oxygens (including phenoxy) is 1. The number of aryl methyl sites for hydroxylation is 1. The first kappa shape index (κ1) is 17.4. The van der Waals surface area contributed by atoms with E-state index in [1.807, 2.05) is 43.3 Å². The van der Waals surface area contributed by atoms with E-state index in [0.29, 0.717) is 17.0 Å². The summed E-state index contributed by atoms with van der Waals surface area (Å²) >= 11 is 0. The van der Waals surface area contributed by atoms with E-state index < -0.39 is 0 Å². The fourth-order valence-electron chi connectivity index (χ4n) is 2.41. The molecule has 1 aromatic heterocycles. The average Bonchev–Trinajstić information content (AvgIpc) is 2.66. The van der Waals surface area contributed by atoms with E-state index in [-0.39, 0.29) is 25.0 Å². The van der Waals surface area contributed by atoms with Crippen molar-refractivity contribution in [2.45, 2.75) is 6.92 Å². The summed E-state index contributed by atoms with van der Waals surface area (Å²) in [6.07, 6.45) is 1.67.